The third kappa shape index (κ3) is 6.16. The Bertz CT molecular complexity index is 1250. The molecule has 7 atom stereocenters. The lowest BCUT2D eigenvalue weighted by Crippen LogP contribution is -2.33. The van der Waals surface area contributed by atoms with Gasteiger partial charge in [0.25, 0.3) is 5.56 Å². The molecule has 0 spiro atoms. The number of hydrogen-bond acceptors (Lipinski definition) is 14. The highest BCUT2D eigenvalue weighted by Gasteiger charge is 2.47. The van der Waals surface area contributed by atoms with Crippen LogP contribution in [-0.2, 0) is 31.6 Å². The molecule has 0 aromatic carbocycles. The molecule has 0 aliphatic carbocycles. The van der Waals surface area contributed by atoms with Crippen LogP contribution < -0.4 is 17.0 Å². The number of aliphatic hydroxyl groups excluding tert-OH is 2. The van der Waals surface area contributed by atoms with Crippen LogP contribution in [0.1, 0.15) is 6.23 Å². The monoisotopic (exact) mass is 550 g/mol. The van der Waals surface area contributed by atoms with Crippen LogP contribution in [-0.4, -0.2) is 82.0 Å². The molecule has 1 fully saturated rings. The summed E-state index contributed by atoms with van der Waals surface area (Å²) in [6.45, 7) is -1.37. The third-order valence-electron chi connectivity index (χ3n) is 4.31. The quantitative estimate of drug-likeness (QED) is 0.144. The highest BCUT2D eigenvalue weighted by molar-refractivity contribution is 7.68. The van der Waals surface area contributed by atoms with Crippen LogP contribution in [0.25, 0.3) is 11.2 Å². The number of H-pyrrole nitrogens is 1. The van der Waals surface area contributed by atoms with Crippen molar-refractivity contribution in [3.63, 3.8) is 0 Å². The number of nitrogens with two attached hydrogens (primary N) is 2. The van der Waals surface area contributed by atoms with Crippen molar-refractivity contribution >= 4 is 40.4 Å². The lowest BCUT2D eigenvalue weighted by molar-refractivity contribution is -0.0503. The topological polar surface area (TPSA) is 305 Å². The summed E-state index contributed by atoms with van der Waals surface area (Å²) >= 11 is 0. The van der Waals surface area contributed by atoms with E-state index in [0.717, 1.165) is 10.9 Å². The van der Waals surface area contributed by atoms with Crippen LogP contribution in [0.4, 0.5) is 5.95 Å². The van der Waals surface area contributed by atoms with Gasteiger partial charge < -0.3 is 41.1 Å². The maximum absolute atomic E-state index is 12.0. The maximum atomic E-state index is 12.0. The maximum Gasteiger partial charge on any atom is 0.488 e. The molecule has 2 aromatic rings. The summed E-state index contributed by atoms with van der Waals surface area (Å²) in [6, 6.07) is 0. The minimum absolute atomic E-state index is 0.0977. The molecule has 7 unspecified atom stereocenters. The van der Waals surface area contributed by atoms with Gasteiger partial charge in [-0.3, -0.25) is 23.4 Å². The van der Waals surface area contributed by atoms with Crippen LogP contribution in [0.2, 0.25) is 0 Å². The molecule has 34 heavy (non-hydrogen) atoms. The Kier molecular flexibility index (Phi) is 7.82. The molecular weight excluding hydrogens is 529 g/mol. The molecule has 0 bridgehead atoms. The van der Waals surface area contributed by atoms with Gasteiger partial charge in [-0.1, -0.05) is 0 Å². The first-order chi connectivity index (χ1) is 15.6. The first-order valence-electron chi connectivity index (χ1n) is 9.13. The zero-order valence-corrected chi connectivity index (χ0v) is 19.5. The fourth-order valence-corrected chi connectivity index (χ4v) is 6.82. The summed E-state index contributed by atoms with van der Waals surface area (Å²) < 4.78 is 54.2. The zero-order valence-electron chi connectivity index (χ0n) is 16.8. The minimum atomic E-state index is -5.57. The molecule has 2 aromatic heterocycles. The van der Waals surface area contributed by atoms with Crippen molar-refractivity contribution in [1.82, 2.24) is 19.5 Å². The molecule has 22 heteroatoms. The van der Waals surface area contributed by atoms with Gasteiger partial charge in [-0.2, -0.15) is 9.29 Å². The van der Waals surface area contributed by atoms with Crippen molar-refractivity contribution in [3.8, 4) is 0 Å². The highest BCUT2D eigenvalue weighted by atomic mass is 31.3. The van der Waals surface area contributed by atoms with Crippen LogP contribution in [0.15, 0.2) is 11.1 Å². The summed E-state index contributed by atoms with van der Waals surface area (Å²) in [6.07, 6.45) is -5.96. The Morgan fingerprint density at radius 1 is 1.15 bits per heavy atom. The van der Waals surface area contributed by atoms with E-state index in [1.54, 1.807) is 0 Å². The molecule has 0 radical (unpaired) electrons. The van der Waals surface area contributed by atoms with E-state index in [4.69, 9.17) is 16.2 Å². The summed E-state index contributed by atoms with van der Waals surface area (Å²) in [5.74, 6) is -0.264. The van der Waals surface area contributed by atoms with E-state index in [1.807, 2.05) is 0 Å². The highest BCUT2D eigenvalue weighted by Crippen LogP contribution is 2.67. The Labute approximate surface area is 189 Å². The number of nitrogen functional groups attached to an aromatic ring is 1. The number of nitrogens with one attached hydrogen (secondary N) is 1. The van der Waals surface area contributed by atoms with E-state index >= 15 is 0 Å². The van der Waals surface area contributed by atoms with E-state index in [-0.39, 0.29) is 17.1 Å². The van der Waals surface area contributed by atoms with Gasteiger partial charge in [0, 0.05) is 6.54 Å². The molecule has 1 aliphatic heterocycles. The van der Waals surface area contributed by atoms with Gasteiger partial charge in [0.15, 0.2) is 17.4 Å². The molecule has 192 valence electrons. The number of hydrogen-bond donors (Lipinski definition) is 8. The summed E-state index contributed by atoms with van der Waals surface area (Å²) in [7, 11) is -15.7. The van der Waals surface area contributed by atoms with Gasteiger partial charge in [-0.15, -0.1) is 0 Å². The minimum Gasteiger partial charge on any atom is -0.387 e. The molecule has 1 aliphatic rings. The van der Waals surface area contributed by atoms with E-state index in [0.29, 0.717) is 0 Å². The first-order valence-corrected chi connectivity index (χ1v) is 13.9. The Balaban J connectivity index is 1.69. The number of fused-ring (bicyclic) bond motifs is 1. The Hall–Kier alpha value is -1.56. The fraction of sp³-hybridized carbons (Fsp3) is 0.583. The standard InChI is InChI=1S/C12H21N6O13P3/c13-1-2-32(22,23)30-34(26,27)31-33(24,25)28-3-5-7(19)8(20)11(29-5)18-4-15-6-9(18)16-12(14)17-10(6)21/h4-5,7-8,11,19-20H,1-3,13H2,(H,22,23)(H,24,25)(H,26,27)(H3,14,16,17,21). The number of phosphoric acid groups is 2. The molecule has 0 saturated carbocycles. The molecule has 1 saturated heterocycles. The number of aromatic amines is 1. The van der Waals surface area contributed by atoms with Gasteiger partial charge in [0.2, 0.25) is 5.95 Å². The van der Waals surface area contributed by atoms with Crippen molar-refractivity contribution in [1.29, 1.82) is 0 Å². The second-order valence-electron chi connectivity index (χ2n) is 6.87. The summed E-state index contributed by atoms with van der Waals surface area (Å²) in [4.78, 5) is 50.3. The Morgan fingerprint density at radius 3 is 2.47 bits per heavy atom. The summed E-state index contributed by atoms with van der Waals surface area (Å²) in [5, 5.41) is 20.6. The van der Waals surface area contributed by atoms with E-state index < -0.39 is 72.7 Å². The van der Waals surface area contributed by atoms with Crippen LogP contribution >= 0.6 is 23.2 Å². The number of imidazole rings is 1. The SMILES string of the molecule is NCCP(=O)(O)OP(=O)(O)OP(=O)(O)OCC1OC(n2cnc3c(=O)[nH]c(N)nc32)C(O)C1O. The molecular formula is C12H21N6O13P3. The fourth-order valence-electron chi connectivity index (χ4n) is 2.93. The Morgan fingerprint density at radius 2 is 1.82 bits per heavy atom. The largest absolute Gasteiger partial charge is 0.488 e. The van der Waals surface area contributed by atoms with Gasteiger partial charge in [0.05, 0.1) is 19.1 Å². The lowest BCUT2D eigenvalue weighted by Gasteiger charge is -2.20. The lowest BCUT2D eigenvalue weighted by atomic mass is 10.1. The second kappa shape index (κ2) is 9.83. The van der Waals surface area contributed by atoms with Crippen LogP contribution in [0.5, 0.6) is 0 Å². The van der Waals surface area contributed by atoms with Crippen LogP contribution in [0.3, 0.4) is 0 Å². The average molecular weight is 550 g/mol. The normalized spacial score (nSPS) is 28.4. The van der Waals surface area contributed by atoms with Crippen molar-refractivity contribution < 1.29 is 56.5 Å². The number of aliphatic hydroxyl groups is 2. The van der Waals surface area contributed by atoms with Gasteiger partial charge in [-0.05, 0) is 0 Å². The van der Waals surface area contributed by atoms with E-state index in [2.05, 4.69) is 28.1 Å². The average Bonchev–Trinajstić information content (AvgIpc) is 3.20. The zero-order chi connectivity index (χ0) is 25.5. The van der Waals surface area contributed by atoms with Crippen molar-refractivity contribution in [2.45, 2.75) is 24.5 Å². The molecule has 3 rings (SSSR count). The van der Waals surface area contributed by atoms with Crippen molar-refractivity contribution in [3.05, 3.63) is 16.7 Å². The first kappa shape index (κ1) is 27.0. The van der Waals surface area contributed by atoms with Crippen molar-refractivity contribution in [2.24, 2.45) is 5.73 Å². The molecule has 0 amide bonds. The number of ether oxygens (including phenoxy) is 1. The number of nitrogens with zero attached hydrogens (tertiary/aromatic N) is 3. The van der Waals surface area contributed by atoms with Crippen LogP contribution in [0, 0.1) is 0 Å². The molecule has 10 N–H and O–H groups in total. The van der Waals surface area contributed by atoms with E-state index in [1.165, 1.54) is 0 Å². The second-order valence-corrected chi connectivity index (χ2v) is 12.0. The van der Waals surface area contributed by atoms with Gasteiger partial charge >= 0.3 is 23.2 Å². The van der Waals surface area contributed by atoms with E-state index in [9.17, 15) is 43.4 Å². The number of phosphoric ester groups is 1. The van der Waals surface area contributed by atoms with Gasteiger partial charge in [0.1, 0.15) is 18.3 Å². The molecule has 3 heterocycles. The number of rotatable bonds is 10. The predicted molar refractivity (Wildman–Crippen MR) is 110 cm³/mol. The number of aromatic nitrogens is 4. The van der Waals surface area contributed by atoms with Gasteiger partial charge in [-0.25, -0.2) is 18.4 Å². The summed E-state index contributed by atoms with van der Waals surface area (Å²) in [5.41, 5.74) is 9.62. The predicted octanol–water partition coefficient (Wildman–Crippen LogP) is -2.28. The third-order valence-corrected chi connectivity index (χ3v) is 9.11. The molecule has 19 nitrogen and oxygen atoms in total. The van der Waals surface area contributed by atoms with Crippen molar-refractivity contribution in [2.75, 3.05) is 25.0 Å². The number of anilines is 1. The smallest absolute Gasteiger partial charge is 0.387 e.